The minimum absolute atomic E-state index is 0.0418. The molecule has 0 aliphatic carbocycles. The minimum atomic E-state index is -1.07. The van der Waals surface area contributed by atoms with Gasteiger partial charge in [-0.05, 0) is 31.5 Å². The average Bonchev–Trinajstić information content (AvgIpc) is 2.96. The molecule has 27 heavy (non-hydrogen) atoms. The van der Waals surface area contributed by atoms with E-state index in [1.165, 1.54) is 0 Å². The van der Waals surface area contributed by atoms with E-state index >= 15 is 0 Å². The summed E-state index contributed by atoms with van der Waals surface area (Å²) in [4.78, 5) is 26.5. The second kappa shape index (κ2) is 7.84. The lowest BCUT2D eigenvalue weighted by Gasteiger charge is -2.20. The van der Waals surface area contributed by atoms with Crippen LogP contribution in [0.25, 0.3) is 22.0 Å². The molecule has 0 unspecified atom stereocenters. The van der Waals surface area contributed by atoms with Crippen molar-refractivity contribution in [1.29, 1.82) is 0 Å². The highest BCUT2D eigenvalue weighted by Gasteiger charge is 2.25. The van der Waals surface area contributed by atoms with E-state index in [1.54, 1.807) is 27.7 Å². The maximum absolute atomic E-state index is 12.8. The van der Waals surface area contributed by atoms with Crippen molar-refractivity contribution >= 4 is 34.2 Å². The predicted octanol–water partition coefficient (Wildman–Crippen LogP) is 4.53. The lowest BCUT2D eigenvalue weighted by molar-refractivity contribution is -0.131. The van der Waals surface area contributed by atoms with Gasteiger partial charge in [-0.1, -0.05) is 48.0 Å². The number of rotatable bonds is 6. The highest BCUT2D eigenvalue weighted by atomic mass is 35.5. The van der Waals surface area contributed by atoms with Gasteiger partial charge in [0.25, 0.3) is 0 Å². The number of carboxylic acid groups (broad SMARTS) is 1. The molecule has 1 heterocycles. The van der Waals surface area contributed by atoms with Crippen molar-refractivity contribution in [2.24, 2.45) is 0 Å². The van der Waals surface area contributed by atoms with Crippen LogP contribution in [0.4, 0.5) is 0 Å². The van der Waals surface area contributed by atoms with Crippen LogP contribution >= 0.6 is 11.6 Å². The predicted molar refractivity (Wildman–Crippen MR) is 107 cm³/mol. The Balaban J connectivity index is 2.30. The quantitative estimate of drug-likeness (QED) is 0.679. The Morgan fingerprint density at radius 2 is 1.70 bits per heavy atom. The number of hydrogen-bond acceptors (Lipinski definition) is 2. The second-order valence-electron chi connectivity index (χ2n) is 6.21. The molecular formula is C21H21ClN2O3. The summed E-state index contributed by atoms with van der Waals surface area (Å²) in [5.41, 5.74) is 1.62. The third-order valence-corrected chi connectivity index (χ3v) is 4.93. The van der Waals surface area contributed by atoms with Crippen molar-refractivity contribution in [2.45, 2.75) is 20.4 Å². The number of fused-ring (bicyclic) bond motifs is 1. The molecule has 0 atom stereocenters. The fraction of sp³-hybridized carbons (Fsp3) is 0.238. The highest BCUT2D eigenvalue weighted by Crippen LogP contribution is 2.36. The van der Waals surface area contributed by atoms with E-state index in [-0.39, 0.29) is 18.1 Å². The molecule has 0 saturated carbocycles. The Morgan fingerprint density at radius 1 is 1.04 bits per heavy atom. The fourth-order valence-electron chi connectivity index (χ4n) is 3.43. The molecule has 2 aromatic carbocycles. The molecule has 140 valence electrons. The summed E-state index contributed by atoms with van der Waals surface area (Å²) >= 11 is 6.19. The monoisotopic (exact) mass is 384 g/mol. The largest absolute Gasteiger partial charge is 0.477 e. The summed E-state index contributed by atoms with van der Waals surface area (Å²) < 4.78 is 1.60. The third kappa shape index (κ3) is 3.55. The van der Waals surface area contributed by atoms with Crippen LogP contribution in [0.5, 0.6) is 0 Å². The Morgan fingerprint density at radius 3 is 2.30 bits per heavy atom. The van der Waals surface area contributed by atoms with E-state index in [0.717, 1.165) is 10.9 Å². The second-order valence-corrected chi connectivity index (χ2v) is 6.65. The van der Waals surface area contributed by atoms with Gasteiger partial charge in [0.15, 0.2) is 0 Å². The van der Waals surface area contributed by atoms with E-state index in [4.69, 9.17) is 11.6 Å². The molecule has 0 bridgehead atoms. The Hall–Kier alpha value is -2.79. The van der Waals surface area contributed by atoms with E-state index in [1.807, 2.05) is 44.2 Å². The zero-order valence-electron chi connectivity index (χ0n) is 15.3. The molecular weight excluding hydrogens is 364 g/mol. The molecule has 0 fully saturated rings. The summed E-state index contributed by atoms with van der Waals surface area (Å²) in [5, 5.41) is 11.7. The van der Waals surface area contributed by atoms with Crippen molar-refractivity contribution in [3.8, 4) is 11.3 Å². The molecule has 0 saturated heterocycles. The maximum Gasteiger partial charge on any atom is 0.353 e. The van der Waals surface area contributed by atoms with E-state index < -0.39 is 5.97 Å². The number of aromatic carboxylic acids is 1. The number of hydrogen-bond donors (Lipinski definition) is 1. The van der Waals surface area contributed by atoms with Gasteiger partial charge in [-0.15, -0.1) is 0 Å². The number of halogens is 1. The van der Waals surface area contributed by atoms with Gasteiger partial charge in [-0.25, -0.2) is 4.79 Å². The molecule has 0 aliphatic heterocycles. The Bertz CT molecular complexity index is 992. The van der Waals surface area contributed by atoms with Crippen LogP contribution in [-0.4, -0.2) is 39.5 Å². The van der Waals surface area contributed by atoms with Gasteiger partial charge in [0.2, 0.25) is 5.91 Å². The zero-order chi connectivity index (χ0) is 19.6. The van der Waals surface area contributed by atoms with Crippen molar-refractivity contribution < 1.29 is 14.7 Å². The van der Waals surface area contributed by atoms with Gasteiger partial charge < -0.3 is 14.6 Å². The van der Waals surface area contributed by atoms with Crippen LogP contribution in [0.2, 0.25) is 5.02 Å². The first-order valence-corrected chi connectivity index (χ1v) is 9.23. The number of carbonyl (C=O) groups is 2. The molecule has 0 radical (unpaired) electrons. The number of nitrogens with zero attached hydrogens (tertiary/aromatic N) is 2. The van der Waals surface area contributed by atoms with Crippen molar-refractivity contribution in [3.05, 3.63) is 59.2 Å². The normalized spacial score (nSPS) is 10.9. The average molecular weight is 385 g/mol. The molecule has 3 rings (SSSR count). The molecule has 1 N–H and O–H groups in total. The summed E-state index contributed by atoms with van der Waals surface area (Å²) in [6, 6.07) is 14.6. The van der Waals surface area contributed by atoms with Crippen LogP contribution in [0, 0.1) is 0 Å². The first-order valence-electron chi connectivity index (χ1n) is 8.86. The van der Waals surface area contributed by atoms with Crippen molar-refractivity contribution in [2.75, 3.05) is 13.1 Å². The first kappa shape index (κ1) is 19.0. The highest BCUT2D eigenvalue weighted by molar-refractivity contribution is 6.31. The number of carboxylic acids is 1. The Labute approximate surface area is 162 Å². The van der Waals surface area contributed by atoms with Crippen molar-refractivity contribution in [3.63, 3.8) is 0 Å². The van der Waals surface area contributed by atoms with Crippen LogP contribution in [0.1, 0.15) is 24.3 Å². The lowest BCUT2D eigenvalue weighted by atomic mass is 10.1. The van der Waals surface area contributed by atoms with Gasteiger partial charge in [0.1, 0.15) is 12.2 Å². The fourth-order valence-corrected chi connectivity index (χ4v) is 3.60. The third-order valence-electron chi connectivity index (χ3n) is 4.69. The van der Waals surface area contributed by atoms with Crippen molar-refractivity contribution in [1.82, 2.24) is 9.47 Å². The SMILES string of the molecule is CCN(CC)C(=O)Cn1c(C(=O)O)c2ccc(Cl)cc2c1-c1ccccc1. The van der Waals surface area contributed by atoms with Gasteiger partial charge in [0, 0.05) is 28.9 Å². The molecule has 3 aromatic rings. The summed E-state index contributed by atoms with van der Waals surface area (Å²) in [7, 11) is 0. The number of aromatic nitrogens is 1. The summed E-state index contributed by atoms with van der Waals surface area (Å²) in [5.74, 6) is -1.19. The summed E-state index contributed by atoms with van der Waals surface area (Å²) in [6.07, 6.45) is 0. The number of benzene rings is 2. The van der Waals surface area contributed by atoms with Crippen LogP contribution in [-0.2, 0) is 11.3 Å². The minimum Gasteiger partial charge on any atom is -0.477 e. The van der Waals surface area contributed by atoms with E-state index in [9.17, 15) is 14.7 Å². The smallest absolute Gasteiger partial charge is 0.353 e. The number of carbonyl (C=O) groups excluding carboxylic acids is 1. The Kier molecular flexibility index (Phi) is 5.51. The maximum atomic E-state index is 12.8. The number of amides is 1. The molecule has 0 spiro atoms. The van der Waals surface area contributed by atoms with Crippen LogP contribution in [0.3, 0.4) is 0 Å². The molecule has 0 aliphatic rings. The first-order chi connectivity index (χ1) is 13.0. The molecule has 5 nitrogen and oxygen atoms in total. The van der Waals surface area contributed by atoms with Crippen LogP contribution < -0.4 is 0 Å². The van der Waals surface area contributed by atoms with Gasteiger partial charge >= 0.3 is 5.97 Å². The lowest BCUT2D eigenvalue weighted by Crippen LogP contribution is -2.34. The molecule has 1 aromatic heterocycles. The van der Waals surface area contributed by atoms with E-state index in [0.29, 0.717) is 29.2 Å². The summed E-state index contributed by atoms with van der Waals surface area (Å²) in [6.45, 7) is 4.92. The zero-order valence-corrected chi connectivity index (χ0v) is 16.0. The van der Waals surface area contributed by atoms with Gasteiger partial charge in [-0.2, -0.15) is 0 Å². The number of likely N-dealkylation sites (N-methyl/N-ethyl adjacent to an activating group) is 1. The van der Waals surface area contributed by atoms with Crippen LogP contribution in [0.15, 0.2) is 48.5 Å². The van der Waals surface area contributed by atoms with E-state index in [2.05, 4.69) is 0 Å². The molecule has 1 amide bonds. The molecule has 6 heteroatoms. The standard InChI is InChI=1S/C21H21ClN2O3/c1-3-23(4-2)18(25)13-24-19(14-8-6-5-7-9-14)17-12-15(22)10-11-16(17)20(24)21(26)27/h5-12H,3-4,13H2,1-2H3,(H,26,27). The van der Waals surface area contributed by atoms with Gasteiger partial charge in [0.05, 0.1) is 5.69 Å². The topological polar surface area (TPSA) is 62.5 Å². The van der Waals surface area contributed by atoms with Gasteiger partial charge in [-0.3, -0.25) is 4.79 Å².